The maximum atomic E-state index is 10.2. The van der Waals surface area contributed by atoms with E-state index in [9.17, 15) is 4.79 Å². The molecular formula is C8H15NOS2. The van der Waals surface area contributed by atoms with Crippen molar-refractivity contribution in [3.8, 4) is 0 Å². The topological polar surface area (TPSA) is 20.3 Å². The van der Waals surface area contributed by atoms with E-state index in [1.54, 1.807) is 0 Å². The summed E-state index contributed by atoms with van der Waals surface area (Å²) in [5, 5.41) is 0. The van der Waals surface area contributed by atoms with Gasteiger partial charge in [-0.25, -0.2) is 0 Å². The zero-order chi connectivity index (χ0) is 9.40. The van der Waals surface area contributed by atoms with Crippen molar-refractivity contribution in [3.05, 3.63) is 0 Å². The second-order valence-electron chi connectivity index (χ2n) is 2.47. The van der Waals surface area contributed by atoms with E-state index in [0.717, 1.165) is 43.3 Å². The van der Waals surface area contributed by atoms with Crippen LogP contribution in [0.4, 0.5) is 0 Å². The number of hydrogen-bond donors (Lipinski definition) is 0. The molecule has 0 radical (unpaired) electrons. The molecule has 0 aromatic carbocycles. The molecule has 0 rings (SSSR count). The van der Waals surface area contributed by atoms with Crippen molar-refractivity contribution in [2.45, 2.75) is 26.7 Å². The molecule has 0 aromatic rings. The van der Waals surface area contributed by atoms with E-state index >= 15 is 0 Å². The molecule has 0 bridgehead atoms. The fourth-order valence-electron chi connectivity index (χ4n) is 0.950. The molecule has 0 N–H and O–H groups in total. The Morgan fingerprint density at radius 2 is 1.92 bits per heavy atom. The number of thioether (sulfide) groups is 1. The maximum Gasteiger partial charge on any atom is 0.183 e. The monoisotopic (exact) mass is 205 g/mol. The normalized spacial score (nSPS) is 9.50. The van der Waals surface area contributed by atoms with Gasteiger partial charge >= 0.3 is 0 Å². The first-order valence-corrected chi connectivity index (χ1v) is 5.44. The van der Waals surface area contributed by atoms with Gasteiger partial charge in [0.1, 0.15) is 4.32 Å². The Bertz CT molecular complexity index is 144. The molecule has 0 saturated heterocycles. The molecule has 0 aliphatic heterocycles. The fraction of sp³-hybridized carbons (Fsp3) is 0.750. The fourth-order valence-corrected chi connectivity index (χ4v) is 1.66. The second-order valence-corrected chi connectivity index (χ2v) is 3.93. The van der Waals surface area contributed by atoms with Crippen molar-refractivity contribution in [3.63, 3.8) is 0 Å². The van der Waals surface area contributed by atoms with Crippen molar-refractivity contribution in [1.82, 2.24) is 4.90 Å². The minimum Gasteiger partial charge on any atom is -0.357 e. The number of nitrogens with zero attached hydrogens (tertiary/aromatic N) is 1. The Labute approximate surface area is 83.7 Å². The number of hydrogen-bond acceptors (Lipinski definition) is 3. The summed E-state index contributed by atoms with van der Waals surface area (Å²) < 4.78 is 0.703. The molecule has 0 aliphatic carbocycles. The number of thiocarbonyl (C=S) groups is 1. The van der Waals surface area contributed by atoms with E-state index in [4.69, 9.17) is 12.2 Å². The molecule has 0 aliphatic rings. The van der Waals surface area contributed by atoms with E-state index in [-0.39, 0.29) is 0 Å². The molecule has 4 heteroatoms. The van der Waals surface area contributed by atoms with Crippen LogP contribution in [0.2, 0.25) is 0 Å². The van der Waals surface area contributed by atoms with Crippen LogP contribution >= 0.6 is 24.0 Å². The van der Waals surface area contributed by atoms with Crippen molar-refractivity contribution < 1.29 is 4.79 Å². The second kappa shape index (κ2) is 7.55. The van der Waals surface area contributed by atoms with Gasteiger partial charge in [-0.15, -0.1) is 0 Å². The van der Waals surface area contributed by atoms with Crippen LogP contribution in [0.5, 0.6) is 0 Å². The highest BCUT2D eigenvalue weighted by atomic mass is 32.2. The smallest absolute Gasteiger partial charge is 0.183 e. The van der Waals surface area contributed by atoms with E-state index in [2.05, 4.69) is 18.7 Å². The van der Waals surface area contributed by atoms with Crippen LogP contribution in [0.3, 0.4) is 0 Å². The summed E-state index contributed by atoms with van der Waals surface area (Å²) in [4.78, 5) is 12.3. The lowest BCUT2D eigenvalue weighted by Gasteiger charge is -2.21. The molecule has 0 saturated carbocycles. The molecule has 0 fully saturated rings. The largest absolute Gasteiger partial charge is 0.357 e. The van der Waals surface area contributed by atoms with E-state index < -0.39 is 0 Å². The zero-order valence-corrected chi connectivity index (χ0v) is 9.21. The Hall–Kier alpha value is -0.0900. The van der Waals surface area contributed by atoms with E-state index in [0.29, 0.717) is 4.32 Å². The molecule has 70 valence electrons. The summed E-state index contributed by atoms with van der Waals surface area (Å²) in [5.74, 6) is 0. The van der Waals surface area contributed by atoms with Gasteiger partial charge in [0.05, 0.1) is 0 Å². The molecule has 0 spiro atoms. The van der Waals surface area contributed by atoms with Gasteiger partial charge in [0, 0.05) is 13.1 Å². The van der Waals surface area contributed by atoms with Gasteiger partial charge in [0.15, 0.2) is 5.62 Å². The lowest BCUT2D eigenvalue weighted by molar-refractivity contribution is 0.431. The number of carbonyl (C=O) groups is 1. The highest BCUT2D eigenvalue weighted by molar-refractivity contribution is 8.31. The molecule has 0 atom stereocenters. The lowest BCUT2D eigenvalue weighted by Crippen LogP contribution is -2.28. The van der Waals surface area contributed by atoms with Gasteiger partial charge in [-0.2, -0.15) is 0 Å². The molecular weight excluding hydrogens is 190 g/mol. The Morgan fingerprint density at radius 3 is 2.25 bits per heavy atom. The van der Waals surface area contributed by atoms with Crippen molar-refractivity contribution in [2.75, 3.05) is 13.1 Å². The molecule has 2 nitrogen and oxygen atoms in total. The molecule has 12 heavy (non-hydrogen) atoms. The van der Waals surface area contributed by atoms with Gasteiger partial charge < -0.3 is 4.90 Å². The number of carbonyl (C=O) groups excluding carboxylic acids is 1. The van der Waals surface area contributed by atoms with Crippen molar-refractivity contribution >= 4 is 33.9 Å². The summed E-state index contributed by atoms with van der Waals surface area (Å²) in [6.07, 6.45) is 2.14. The lowest BCUT2D eigenvalue weighted by atomic mass is 10.4. The number of rotatable bonds is 5. The maximum absolute atomic E-state index is 10.2. The average molecular weight is 205 g/mol. The van der Waals surface area contributed by atoms with Crippen molar-refractivity contribution in [1.29, 1.82) is 0 Å². The van der Waals surface area contributed by atoms with Crippen LogP contribution in [0.15, 0.2) is 0 Å². The molecule has 0 amide bonds. The summed E-state index contributed by atoms with van der Waals surface area (Å²) in [6.45, 7) is 6.12. The minimum atomic E-state index is 0.703. The summed E-state index contributed by atoms with van der Waals surface area (Å²) >= 11 is 6.16. The van der Waals surface area contributed by atoms with Crippen LogP contribution < -0.4 is 0 Å². The highest BCUT2D eigenvalue weighted by Gasteiger charge is 2.06. The third kappa shape index (κ3) is 4.72. The predicted molar refractivity (Wildman–Crippen MR) is 59.1 cm³/mol. The average Bonchev–Trinajstić information content (AvgIpc) is 2.04. The minimum absolute atomic E-state index is 0.703. The van der Waals surface area contributed by atoms with Crippen LogP contribution in [-0.4, -0.2) is 27.9 Å². The molecule has 0 heterocycles. The Morgan fingerprint density at radius 1 is 1.42 bits per heavy atom. The molecule has 0 aromatic heterocycles. The van der Waals surface area contributed by atoms with Gasteiger partial charge in [-0.3, -0.25) is 4.79 Å². The quantitative estimate of drug-likeness (QED) is 0.507. The third-order valence-corrected chi connectivity index (χ3v) is 2.50. The standard InChI is InChI=1S/C8H15NOS2/c1-3-5-9(6-4-2)8(11)12-7-10/h7H,3-6H2,1-2H3. The SMILES string of the molecule is CCCN(CCC)C(=S)SC=O. The first-order chi connectivity index (χ1) is 5.76. The van der Waals surface area contributed by atoms with Gasteiger partial charge in [-0.1, -0.05) is 26.1 Å². The first-order valence-electron chi connectivity index (χ1n) is 4.15. The van der Waals surface area contributed by atoms with Crippen LogP contribution in [0.1, 0.15) is 26.7 Å². The summed E-state index contributed by atoms with van der Waals surface area (Å²) in [7, 11) is 0. The summed E-state index contributed by atoms with van der Waals surface area (Å²) in [6, 6.07) is 0. The third-order valence-electron chi connectivity index (χ3n) is 1.39. The highest BCUT2D eigenvalue weighted by Crippen LogP contribution is 2.07. The van der Waals surface area contributed by atoms with Crippen molar-refractivity contribution in [2.24, 2.45) is 0 Å². The summed E-state index contributed by atoms with van der Waals surface area (Å²) in [5.41, 5.74) is 0.792. The van der Waals surface area contributed by atoms with Crippen LogP contribution in [0, 0.1) is 0 Å². The van der Waals surface area contributed by atoms with Crippen LogP contribution in [-0.2, 0) is 4.79 Å². The molecule has 0 unspecified atom stereocenters. The first kappa shape index (κ1) is 11.9. The predicted octanol–water partition coefficient (Wildman–Crippen LogP) is 2.32. The van der Waals surface area contributed by atoms with Crippen LogP contribution in [0.25, 0.3) is 0 Å². The van der Waals surface area contributed by atoms with E-state index in [1.807, 2.05) is 0 Å². The van der Waals surface area contributed by atoms with Gasteiger partial charge in [-0.05, 0) is 24.6 Å². The Kier molecular flexibility index (Phi) is 7.50. The Balaban J connectivity index is 3.89. The van der Waals surface area contributed by atoms with E-state index in [1.165, 1.54) is 0 Å². The van der Waals surface area contributed by atoms with Gasteiger partial charge in [0.25, 0.3) is 0 Å². The zero-order valence-electron chi connectivity index (χ0n) is 7.58. The van der Waals surface area contributed by atoms with Gasteiger partial charge in [0.2, 0.25) is 0 Å².